The lowest BCUT2D eigenvalue weighted by Gasteiger charge is -2.22. The maximum atomic E-state index is 8.71. The van der Waals surface area contributed by atoms with Crippen molar-refractivity contribution in [2.45, 2.75) is 40.5 Å². The molecule has 0 aliphatic heterocycles. The summed E-state index contributed by atoms with van der Waals surface area (Å²) in [7, 11) is 0. The number of aryl methyl sites for hydroxylation is 2. The molecule has 19 heavy (non-hydrogen) atoms. The fraction of sp³-hybridized carbons (Fsp3) is 0.533. The van der Waals surface area contributed by atoms with Gasteiger partial charge in [-0.15, -0.1) is 0 Å². The van der Waals surface area contributed by atoms with Gasteiger partial charge in [0.25, 0.3) is 0 Å². The first-order valence-corrected chi connectivity index (χ1v) is 6.66. The molecule has 0 unspecified atom stereocenters. The Morgan fingerprint density at radius 1 is 1.37 bits per heavy atom. The third-order valence-electron chi connectivity index (χ3n) is 3.48. The highest BCUT2D eigenvalue weighted by Gasteiger charge is 2.22. The molecule has 0 radical (unpaired) electrons. The Hall–Kier alpha value is -1.71. The molecular formula is C15H25N3O. The maximum Gasteiger partial charge on any atom is 0.144 e. The number of nitrogens with zero attached hydrogens (tertiary/aromatic N) is 1. The Labute approximate surface area is 115 Å². The van der Waals surface area contributed by atoms with Crippen LogP contribution in [0.1, 0.15) is 37.8 Å². The molecule has 106 valence electrons. The van der Waals surface area contributed by atoms with Crippen LogP contribution in [0.15, 0.2) is 23.4 Å². The van der Waals surface area contributed by atoms with Crippen molar-refractivity contribution in [1.82, 2.24) is 0 Å². The number of amidine groups is 1. The average Bonchev–Trinajstić information content (AvgIpc) is 2.35. The van der Waals surface area contributed by atoms with Gasteiger partial charge in [-0.05, 0) is 38.3 Å². The van der Waals surface area contributed by atoms with Crippen LogP contribution in [0.4, 0.5) is 5.69 Å². The highest BCUT2D eigenvalue weighted by molar-refractivity contribution is 5.85. The maximum absolute atomic E-state index is 8.71. The van der Waals surface area contributed by atoms with Gasteiger partial charge in [-0.2, -0.15) is 0 Å². The molecule has 1 aromatic carbocycles. The minimum absolute atomic E-state index is 0.265. The lowest BCUT2D eigenvalue weighted by atomic mass is 9.86. The molecular weight excluding hydrogens is 238 g/mol. The van der Waals surface area contributed by atoms with E-state index >= 15 is 0 Å². The predicted molar refractivity (Wildman–Crippen MR) is 80.8 cm³/mol. The third-order valence-corrected chi connectivity index (χ3v) is 3.48. The molecule has 0 saturated carbocycles. The zero-order chi connectivity index (χ0) is 14.5. The second kappa shape index (κ2) is 6.45. The molecule has 0 bridgehead atoms. The van der Waals surface area contributed by atoms with Crippen LogP contribution >= 0.6 is 0 Å². The van der Waals surface area contributed by atoms with Crippen molar-refractivity contribution in [2.75, 3.05) is 11.9 Å². The van der Waals surface area contributed by atoms with Crippen LogP contribution in [0.3, 0.4) is 0 Å². The summed E-state index contributed by atoms with van der Waals surface area (Å²) in [5.74, 6) is 0.291. The molecule has 0 saturated heterocycles. The van der Waals surface area contributed by atoms with Crippen LogP contribution in [-0.4, -0.2) is 17.6 Å². The van der Waals surface area contributed by atoms with E-state index in [2.05, 4.69) is 42.5 Å². The highest BCUT2D eigenvalue weighted by Crippen LogP contribution is 2.23. The van der Waals surface area contributed by atoms with E-state index in [1.165, 1.54) is 16.8 Å². The predicted octanol–water partition coefficient (Wildman–Crippen LogP) is 3.27. The molecule has 0 amide bonds. The summed E-state index contributed by atoms with van der Waals surface area (Å²) in [6.07, 6.45) is 1.84. The minimum Gasteiger partial charge on any atom is -0.409 e. The quantitative estimate of drug-likeness (QED) is 0.242. The van der Waals surface area contributed by atoms with Gasteiger partial charge in [-0.1, -0.05) is 36.7 Å². The molecule has 0 aromatic heterocycles. The number of nitrogens with two attached hydrogens (primary N) is 1. The van der Waals surface area contributed by atoms with Crippen LogP contribution in [0.25, 0.3) is 0 Å². The van der Waals surface area contributed by atoms with Gasteiger partial charge in [0.2, 0.25) is 0 Å². The van der Waals surface area contributed by atoms with Crippen LogP contribution in [0.5, 0.6) is 0 Å². The van der Waals surface area contributed by atoms with E-state index in [0.29, 0.717) is 5.84 Å². The molecule has 4 heteroatoms. The molecule has 0 aliphatic rings. The van der Waals surface area contributed by atoms with Gasteiger partial charge in [0.15, 0.2) is 0 Å². The summed E-state index contributed by atoms with van der Waals surface area (Å²) >= 11 is 0. The Morgan fingerprint density at radius 3 is 2.63 bits per heavy atom. The van der Waals surface area contributed by atoms with Crippen molar-refractivity contribution in [3.63, 3.8) is 0 Å². The second-order valence-electron chi connectivity index (χ2n) is 5.72. The van der Waals surface area contributed by atoms with Crippen molar-refractivity contribution >= 4 is 11.5 Å². The number of hydrogen-bond acceptors (Lipinski definition) is 3. The van der Waals surface area contributed by atoms with Gasteiger partial charge < -0.3 is 16.3 Å². The first-order valence-electron chi connectivity index (χ1n) is 6.66. The Kier molecular flexibility index (Phi) is 5.21. The van der Waals surface area contributed by atoms with Crippen molar-refractivity contribution in [2.24, 2.45) is 16.3 Å². The first kappa shape index (κ1) is 15.3. The number of oxime groups is 1. The molecule has 0 fully saturated rings. The van der Waals surface area contributed by atoms with E-state index in [9.17, 15) is 0 Å². The van der Waals surface area contributed by atoms with E-state index in [1.807, 2.05) is 13.8 Å². The van der Waals surface area contributed by atoms with Gasteiger partial charge in [-0.3, -0.25) is 0 Å². The van der Waals surface area contributed by atoms with Gasteiger partial charge in [0.05, 0.1) is 0 Å². The average molecular weight is 263 g/mol. The molecule has 0 spiro atoms. The van der Waals surface area contributed by atoms with Gasteiger partial charge >= 0.3 is 0 Å². The molecule has 4 N–H and O–H groups in total. The number of hydrogen-bond donors (Lipinski definition) is 3. The number of rotatable bonds is 6. The standard InChI is InChI=1S/C15H25N3O/c1-11-6-7-13(12(2)10-11)17-9-5-8-15(3,4)14(16)18-19/h6-7,10,17,19H,5,8-9H2,1-4H3,(H2,16,18). The van der Waals surface area contributed by atoms with Crippen molar-refractivity contribution in [1.29, 1.82) is 0 Å². The molecule has 1 rings (SSSR count). The highest BCUT2D eigenvalue weighted by atomic mass is 16.4. The van der Waals surface area contributed by atoms with E-state index in [0.717, 1.165) is 19.4 Å². The van der Waals surface area contributed by atoms with E-state index in [-0.39, 0.29) is 5.41 Å². The van der Waals surface area contributed by atoms with Gasteiger partial charge in [0.1, 0.15) is 5.84 Å². The first-order chi connectivity index (χ1) is 8.86. The monoisotopic (exact) mass is 263 g/mol. The molecule has 0 atom stereocenters. The Morgan fingerprint density at radius 2 is 2.05 bits per heavy atom. The van der Waals surface area contributed by atoms with E-state index in [4.69, 9.17) is 10.9 Å². The smallest absolute Gasteiger partial charge is 0.144 e. The zero-order valence-electron chi connectivity index (χ0n) is 12.3. The van der Waals surface area contributed by atoms with Crippen LogP contribution in [0.2, 0.25) is 0 Å². The summed E-state index contributed by atoms with van der Waals surface area (Å²) in [5.41, 5.74) is 9.11. The normalized spacial score (nSPS) is 12.5. The number of benzene rings is 1. The van der Waals surface area contributed by atoms with E-state index < -0.39 is 0 Å². The summed E-state index contributed by atoms with van der Waals surface area (Å²) in [5, 5.41) is 15.2. The molecule has 0 aliphatic carbocycles. The van der Waals surface area contributed by atoms with Gasteiger partial charge in [-0.25, -0.2) is 0 Å². The fourth-order valence-electron chi connectivity index (χ4n) is 2.03. The minimum atomic E-state index is -0.265. The van der Waals surface area contributed by atoms with Crippen LogP contribution in [0, 0.1) is 19.3 Å². The van der Waals surface area contributed by atoms with Crippen molar-refractivity contribution in [3.8, 4) is 0 Å². The SMILES string of the molecule is Cc1ccc(NCCCC(C)(C)C(N)=NO)c(C)c1. The molecule has 1 aromatic rings. The summed E-state index contributed by atoms with van der Waals surface area (Å²) in [4.78, 5) is 0. The van der Waals surface area contributed by atoms with Crippen molar-refractivity contribution in [3.05, 3.63) is 29.3 Å². The fourth-order valence-corrected chi connectivity index (χ4v) is 2.03. The summed E-state index contributed by atoms with van der Waals surface area (Å²) in [6, 6.07) is 6.39. The largest absolute Gasteiger partial charge is 0.409 e. The topological polar surface area (TPSA) is 70.6 Å². The lowest BCUT2D eigenvalue weighted by molar-refractivity contribution is 0.305. The van der Waals surface area contributed by atoms with E-state index in [1.54, 1.807) is 0 Å². The summed E-state index contributed by atoms with van der Waals surface area (Å²) in [6.45, 7) is 9.05. The Balaban J connectivity index is 2.43. The number of anilines is 1. The Bertz CT molecular complexity index is 453. The third kappa shape index (κ3) is 4.47. The van der Waals surface area contributed by atoms with Crippen LogP contribution in [-0.2, 0) is 0 Å². The lowest BCUT2D eigenvalue weighted by Crippen LogP contribution is -2.32. The molecule has 0 heterocycles. The summed E-state index contributed by atoms with van der Waals surface area (Å²) < 4.78 is 0. The number of nitrogens with one attached hydrogen (secondary N) is 1. The van der Waals surface area contributed by atoms with Crippen LogP contribution < -0.4 is 11.1 Å². The zero-order valence-corrected chi connectivity index (χ0v) is 12.3. The van der Waals surface area contributed by atoms with Gasteiger partial charge in [0, 0.05) is 17.6 Å². The molecule has 4 nitrogen and oxygen atoms in total. The van der Waals surface area contributed by atoms with Crippen molar-refractivity contribution < 1.29 is 5.21 Å². The second-order valence-corrected chi connectivity index (χ2v) is 5.72.